The lowest BCUT2D eigenvalue weighted by atomic mass is 10.1. The van der Waals surface area contributed by atoms with Crippen molar-refractivity contribution in [1.29, 1.82) is 0 Å². The van der Waals surface area contributed by atoms with Gasteiger partial charge in [0, 0.05) is 32.7 Å². The van der Waals surface area contributed by atoms with Gasteiger partial charge in [-0.25, -0.2) is 0 Å². The Balaban J connectivity index is 2.23. The molecule has 2 aromatic rings. The van der Waals surface area contributed by atoms with Gasteiger partial charge >= 0.3 is 0 Å². The smallest absolute Gasteiger partial charge is 0.261 e. The second-order valence-corrected chi connectivity index (χ2v) is 9.13. The molecule has 162 valence electrons. The van der Waals surface area contributed by atoms with E-state index in [0.717, 1.165) is 0 Å². The van der Waals surface area contributed by atoms with Crippen molar-refractivity contribution in [3.63, 3.8) is 0 Å². The number of nitrogens with zero attached hydrogens (tertiary/aromatic N) is 1. The van der Waals surface area contributed by atoms with Gasteiger partial charge in [0.15, 0.2) is 6.61 Å². The maximum atomic E-state index is 13.0. The van der Waals surface area contributed by atoms with Gasteiger partial charge in [0.25, 0.3) is 5.91 Å². The molecular formula is C22H25Cl3N2O3. The van der Waals surface area contributed by atoms with Gasteiger partial charge in [0.05, 0.1) is 0 Å². The van der Waals surface area contributed by atoms with Crippen molar-refractivity contribution >= 4 is 46.6 Å². The van der Waals surface area contributed by atoms with Gasteiger partial charge in [-0.15, -0.1) is 0 Å². The van der Waals surface area contributed by atoms with Crippen molar-refractivity contribution in [2.45, 2.75) is 45.8 Å². The molecule has 0 radical (unpaired) electrons. The van der Waals surface area contributed by atoms with Crippen LogP contribution in [0, 0.1) is 0 Å². The predicted octanol–water partition coefficient (Wildman–Crippen LogP) is 5.36. The molecule has 2 aromatic carbocycles. The van der Waals surface area contributed by atoms with E-state index in [4.69, 9.17) is 39.5 Å². The number of carbonyl (C=O) groups excluding carboxylic acids is 2. The van der Waals surface area contributed by atoms with E-state index in [1.54, 1.807) is 49.4 Å². The molecule has 5 nitrogen and oxygen atoms in total. The summed E-state index contributed by atoms with van der Waals surface area (Å²) in [5.74, 6) is -0.168. The van der Waals surface area contributed by atoms with Crippen LogP contribution in [0.1, 0.15) is 33.3 Å². The highest BCUT2D eigenvalue weighted by Crippen LogP contribution is 2.27. The first kappa shape index (κ1) is 24.3. The summed E-state index contributed by atoms with van der Waals surface area (Å²) in [6.07, 6.45) is 0. The molecule has 8 heteroatoms. The Morgan fingerprint density at radius 2 is 1.60 bits per heavy atom. The van der Waals surface area contributed by atoms with Crippen molar-refractivity contribution in [1.82, 2.24) is 10.2 Å². The van der Waals surface area contributed by atoms with Gasteiger partial charge in [0.2, 0.25) is 5.91 Å². The number of ether oxygens (including phenoxy) is 1. The first-order chi connectivity index (χ1) is 14.0. The van der Waals surface area contributed by atoms with Crippen LogP contribution in [0.25, 0.3) is 0 Å². The molecule has 30 heavy (non-hydrogen) atoms. The van der Waals surface area contributed by atoms with E-state index in [2.05, 4.69) is 5.32 Å². The third kappa shape index (κ3) is 7.08. The van der Waals surface area contributed by atoms with Crippen molar-refractivity contribution < 1.29 is 14.3 Å². The molecule has 0 heterocycles. The van der Waals surface area contributed by atoms with E-state index in [0.29, 0.717) is 26.4 Å². The van der Waals surface area contributed by atoms with Crippen LogP contribution in [-0.4, -0.2) is 34.9 Å². The van der Waals surface area contributed by atoms with E-state index in [1.165, 1.54) is 4.90 Å². The number of rotatable bonds is 7. The molecular weight excluding hydrogens is 447 g/mol. The minimum atomic E-state index is -0.766. The van der Waals surface area contributed by atoms with Crippen LogP contribution in [0.2, 0.25) is 15.1 Å². The lowest BCUT2D eigenvalue weighted by molar-refractivity contribution is -0.142. The molecule has 0 spiro atoms. The largest absolute Gasteiger partial charge is 0.484 e. The average Bonchev–Trinajstić information content (AvgIpc) is 2.65. The fourth-order valence-electron chi connectivity index (χ4n) is 2.67. The van der Waals surface area contributed by atoms with E-state index < -0.39 is 11.6 Å². The van der Waals surface area contributed by atoms with Crippen LogP contribution < -0.4 is 10.1 Å². The van der Waals surface area contributed by atoms with Gasteiger partial charge in [-0.3, -0.25) is 9.59 Å². The molecule has 2 amide bonds. The molecule has 0 unspecified atom stereocenters. The summed E-state index contributed by atoms with van der Waals surface area (Å²) in [6, 6.07) is 11.0. The number of amides is 2. The first-order valence-corrected chi connectivity index (χ1v) is 10.5. The number of nitrogens with one attached hydrogen (secondary N) is 1. The number of hydrogen-bond acceptors (Lipinski definition) is 3. The zero-order valence-corrected chi connectivity index (χ0v) is 19.6. The number of halogens is 3. The lowest BCUT2D eigenvalue weighted by Crippen LogP contribution is -2.53. The lowest BCUT2D eigenvalue weighted by Gasteiger charge is -2.31. The average molecular weight is 472 g/mol. The molecule has 0 saturated carbocycles. The highest BCUT2D eigenvalue weighted by Gasteiger charge is 2.29. The SMILES string of the molecule is C[C@@H](C(=O)NC(C)(C)C)N(Cc1c(Cl)cccc1Cl)C(=O)COc1ccc(Cl)cc1. The Bertz CT molecular complexity index is 875. The summed E-state index contributed by atoms with van der Waals surface area (Å²) in [6.45, 7) is 7.10. The predicted molar refractivity (Wildman–Crippen MR) is 121 cm³/mol. The fourth-order valence-corrected chi connectivity index (χ4v) is 3.31. The molecule has 0 aliphatic heterocycles. The molecule has 0 saturated heterocycles. The van der Waals surface area contributed by atoms with Gasteiger partial charge < -0.3 is 15.0 Å². The Kier molecular flexibility index (Phi) is 8.42. The molecule has 0 bridgehead atoms. The molecule has 0 aliphatic rings. The zero-order valence-electron chi connectivity index (χ0n) is 17.3. The summed E-state index contributed by atoms with van der Waals surface area (Å²) < 4.78 is 5.59. The number of carbonyl (C=O) groups is 2. The summed E-state index contributed by atoms with van der Waals surface area (Å²) >= 11 is 18.5. The molecule has 1 atom stereocenters. The van der Waals surface area contributed by atoms with Crippen molar-refractivity contribution in [3.8, 4) is 5.75 Å². The molecule has 2 rings (SSSR count). The molecule has 1 N–H and O–H groups in total. The van der Waals surface area contributed by atoms with Crippen LogP contribution in [-0.2, 0) is 16.1 Å². The highest BCUT2D eigenvalue weighted by molar-refractivity contribution is 6.36. The second kappa shape index (κ2) is 10.4. The third-order valence-electron chi connectivity index (χ3n) is 4.23. The molecule has 0 fully saturated rings. The molecule has 0 aliphatic carbocycles. The van der Waals surface area contributed by atoms with Crippen LogP contribution >= 0.6 is 34.8 Å². The van der Waals surface area contributed by atoms with E-state index >= 15 is 0 Å². The maximum Gasteiger partial charge on any atom is 0.261 e. The summed E-state index contributed by atoms with van der Waals surface area (Å²) in [7, 11) is 0. The topological polar surface area (TPSA) is 58.6 Å². The Morgan fingerprint density at radius 3 is 2.13 bits per heavy atom. The third-order valence-corrected chi connectivity index (χ3v) is 5.19. The summed E-state index contributed by atoms with van der Waals surface area (Å²) in [4.78, 5) is 27.2. The van der Waals surface area contributed by atoms with Crippen molar-refractivity contribution in [3.05, 3.63) is 63.1 Å². The first-order valence-electron chi connectivity index (χ1n) is 9.40. The van der Waals surface area contributed by atoms with Crippen LogP contribution in [0.3, 0.4) is 0 Å². The standard InChI is InChI=1S/C22H25Cl3N2O3/c1-14(21(29)26-22(2,3)4)27(12-17-18(24)6-5-7-19(17)25)20(28)13-30-16-10-8-15(23)9-11-16/h5-11,14H,12-13H2,1-4H3,(H,26,29)/t14-/m0/s1. The normalized spacial score (nSPS) is 12.2. The number of benzene rings is 2. The zero-order chi connectivity index (χ0) is 22.5. The van der Waals surface area contributed by atoms with E-state index in [-0.39, 0.29) is 25.0 Å². The van der Waals surface area contributed by atoms with Crippen molar-refractivity contribution in [2.75, 3.05) is 6.61 Å². The van der Waals surface area contributed by atoms with Crippen molar-refractivity contribution in [2.24, 2.45) is 0 Å². The Labute approximate surface area is 192 Å². The quantitative estimate of drug-likeness (QED) is 0.591. The Hall–Kier alpha value is -1.95. The van der Waals surface area contributed by atoms with E-state index in [9.17, 15) is 9.59 Å². The fraction of sp³-hybridized carbons (Fsp3) is 0.364. The van der Waals surface area contributed by atoms with Gasteiger partial charge in [0.1, 0.15) is 11.8 Å². The monoisotopic (exact) mass is 470 g/mol. The summed E-state index contributed by atoms with van der Waals surface area (Å²) in [5, 5.41) is 4.30. The minimum Gasteiger partial charge on any atom is -0.484 e. The second-order valence-electron chi connectivity index (χ2n) is 7.88. The highest BCUT2D eigenvalue weighted by atomic mass is 35.5. The Morgan fingerprint density at radius 1 is 1.03 bits per heavy atom. The molecule has 0 aromatic heterocycles. The van der Waals surface area contributed by atoms with E-state index in [1.807, 2.05) is 20.8 Å². The van der Waals surface area contributed by atoms with Crippen LogP contribution in [0.15, 0.2) is 42.5 Å². The van der Waals surface area contributed by atoms with Crippen LogP contribution in [0.4, 0.5) is 0 Å². The number of hydrogen-bond donors (Lipinski definition) is 1. The maximum absolute atomic E-state index is 13.0. The van der Waals surface area contributed by atoms with Gasteiger partial charge in [-0.05, 0) is 64.1 Å². The van der Waals surface area contributed by atoms with Gasteiger partial charge in [-0.1, -0.05) is 40.9 Å². The minimum absolute atomic E-state index is 0.0695. The van der Waals surface area contributed by atoms with Gasteiger partial charge in [-0.2, -0.15) is 0 Å². The van der Waals surface area contributed by atoms with Crippen LogP contribution in [0.5, 0.6) is 5.75 Å². The summed E-state index contributed by atoms with van der Waals surface area (Å²) in [5.41, 5.74) is 0.123.